The number of nitrogens with one attached hydrogen (secondary N) is 3. The van der Waals surface area contributed by atoms with E-state index in [1.165, 1.54) is 12.4 Å². The van der Waals surface area contributed by atoms with Gasteiger partial charge in [0.05, 0.1) is 5.02 Å². The van der Waals surface area contributed by atoms with Crippen molar-refractivity contribution in [2.24, 2.45) is 0 Å². The summed E-state index contributed by atoms with van der Waals surface area (Å²) >= 11 is 5.75. The van der Waals surface area contributed by atoms with Crippen LogP contribution in [0.5, 0.6) is 0 Å². The van der Waals surface area contributed by atoms with Gasteiger partial charge in [0.2, 0.25) is 0 Å². The molecular formula is C16H12ClN5O2. The minimum absolute atomic E-state index is 0.329. The monoisotopic (exact) mass is 341 g/mol. The van der Waals surface area contributed by atoms with Crippen molar-refractivity contribution in [2.45, 2.75) is 0 Å². The lowest BCUT2D eigenvalue weighted by Gasteiger charge is -2.07. The number of rotatable bonds is 4. The van der Waals surface area contributed by atoms with Crippen molar-refractivity contribution in [3.05, 3.63) is 71.1 Å². The van der Waals surface area contributed by atoms with Crippen molar-refractivity contribution in [3.8, 4) is 0 Å². The summed E-state index contributed by atoms with van der Waals surface area (Å²) in [6.45, 7) is 0. The van der Waals surface area contributed by atoms with Gasteiger partial charge in [-0.05, 0) is 36.4 Å². The van der Waals surface area contributed by atoms with E-state index in [0.717, 1.165) is 0 Å². The summed E-state index contributed by atoms with van der Waals surface area (Å²) in [6.07, 6.45) is 2.93. The maximum Gasteiger partial charge on any atom is 0.273 e. The largest absolute Gasteiger partial charge is 0.321 e. The number of carbonyl (C=O) groups is 2. The van der Waals surface area contributed by atoms with Crippen LogP contribution in [0.2, 0.25) is 5.02 Å². The molecule has 2 aromatic heterocycles. The molecule has 0 unspecified atom stereocenters. The Kier molecular flexibility index (Phi) is 4.53. The SMILES string of the molecule is O=C(Nc1ccc(Cl)cn1)c1cccc(NC(=O)c2ccn[nH]2)c1. The van der Waals surface area contributed by atoms with E-state index in [-0.39, 0.29) is 11.8 Å². The van der Waals surface area contributed by atoms with Crippen LogP contribution in [-0.4, -0.2) is 27.0 Å². The van der Waals surface area contributed by atoms with Crippen molar-refractivity contribution in [2.75, 3.05) is 10.6 Å². The van der Waals surface area contributed by atoms with Gasteiger partial charge in [0.25, 0.3) is 11.8 Å². The first-order chi connectivity index (χ1) is 11.6. The Morgan fingerprint density at radius 3 is 2.62 bits per heavy atom. The summed E-state index contributed by atoms with van der Waals surface area (Å²) < 4.78 is 0. The summed E-state index contributed by atoms with van der Waals surface area (Å²) in [7, 11) is 0. The predicted octanol–water partition coefficient (Wildman–Crippen LogP) is 2.96. The summed E-state index contributed by atoms with van der Waals surface area (Å²) in [4.78, 5) is 28.2. The van der Waals surface area contributed by atoms with E-state index >= 15 is 0 Å². The van der Waals surface area contributed by atoms with Gasteiger partial charge < -0.3 is 10.6 Å². The van der Waals surface area contributed by atoms with Crippen LogP contribution in [0.15, 0.2) is 54.9 Å². The molecule has 0 radical (unpaired) electrons. The molecule has 120 valence electrons. The molecule has 3 rings (SSSR count). The molecule has 0 saturated heterocycles. The van der Waals surface area contributed by atoms with E-state index in [2.05, 4.69) is 25.8 Å². The number of pyridine rings is 1. The number of benzene rings is 1. The molecule has 3 aromatic rings. The lowest BCUT2D eigenvalue weighted by atomic mass is 10.2. The van der Waals surface area contributed by atoms with Gasteiger partial charge in [-0.2, -0.15) is 5.10 Å². The van der Waals surface area contributed by atoms with E-state index in [9.17, 15) is 9.59 Å². The zero-order chi connectivity index (χ0) is 16.9. The number of aromatic nitrogens is 3. The summed E-state index contributed by atoms with van der Waals surface area (Å²) in [5.74, 6) is -0.303. The maximum absolute atomic E-state index is 12.3. The minimum atomic E-state index is -0.345. The molecule has 0 bridgehead atoms. The number of nitrogens with zero attached hydrogens (tertiary/aromatic N) is 2. The Labute approximate surface area is 142 Å². The lowest BCUT2D eigenvalue weighted by molar-refractivity contribution is 0.101. The second-order valence-electron chi connectivity index (χ2n) is 4.82. The molecule has 24 heavy (non-hydrogen) atoms. The topological polar surface area (TPSA) is 99.8 Å². The first kappa shape index (κ1) is 15.7. The number of H-pyrrole nitrogens is 1. The van der Waals surface area contributed by atoms with E-state index in [4.69, 9.17) is 11.6 Å². The highest BCUT2D eigenvalue weighted by Crippen LogP contribution is 2.14. The van der Waals surface area contributed by atoms with E-state index < -0.39 is 0 Å². The Hall–Kier alpha value is -3.19. The molecule has 1 aromatic carbocycles. The first-order valence-electron chi connectivity index (χ1n) is 6.95. The molecule has 0 spiro atoms. The normalized spacial score (nSPS) is 10.2. The van der Waals surface area contributed by atoms with Crippen LogP contribution in [0.4, 0.5) is 11.5 Å². The zero-order valence-electron chi connectivity index (χ0n) is 12.3. The Bertz CT molecular complexity index is 862. The predicted molar refractivity (Wildman–Crippen MR) is 90.2 cm³/mol. The molecule has 2 heterocycles. The Balaban J connectivity index is 1.71. The average Bonchev–Trinajstić information content (AvgIpc) is 3.12. The van der Waals surface area contributed by atoms with Gasteiger partial charge in [-0.15, -0.1) is 0 Å². The highest BCUT2D eigenvalue weighted by Gasteiger charge is 2.10. The quantitative estimate of drug-likeness (QED) is 0.679. The molecule has 0 aliphatic heterocycles. The molecule has 3 N–H and O–H groups in total. The van der Waals surface area contributed by atoms with Gasteiger partial charge in [0.15, 0.2) is 0 Å². The molecule has 0 fully saturated rings. The maximum atomic E-state index is 12.3. The van der Waals surface area contributed by atoms with Crippen LogP contribution in [0, 0.1) is 0 Å². The van der Waals surface area contributed by atoms with Gasteiger partial charge >= 0.3 is 0 Å². The van der Waals surface area contributed by atoms with Crippen molar-refractivity contribution in [1.82, 2.24) is 15.2 Å². The van der Waals surface area contributed by atoms with E-state index in [1.54, 1.807) is 42.5 Å². The molecular weight excluding hydrogens is 330 g/mol. The molecule has 0 atom stereocenters. The number of halogens is 1. The van der Waals surface area contributed by atoms with Gasteiger partial charge in [-0.3, -0.25) is 14.7 Å². The smallest absolute Gasteiger partial charge is 0.273 e. The second kappa shape index (κ2) is 6.93. The van der Waals surface area contributed by atoms with Crippen LogP contribution in [0.25, 0.3) is 0 Å². The minimum Gasteiger partial charge on any atom is -0.321 e. The van der Waals surface area contributed by atoms with Crippen LogP contribution in [0.3, 0.4) is 0 Å². The van der Waals surface area contributed by atoms with Crippen molar-refractivity contribution in [3.63, 3.8) is 0 Å². The molecule has 2 amide bonds. The fourth-order valence-electron chi connectivity index (χ4n) is 1.96. The Morgan fingerprint density at radius 1 is 1.04 bits per heavy atom. The number of hydrogen-bond acceptors (Lipinski definition) is 4. The zero-order valence-corrected chi connectivity index (χ0v) is 13.0. The van der Waals surface area contributed by atoms with Gasteiger partial charge in [0.1, 0.15) is 11.5 Å². The summed E-state index contributed by atoms with van der Waals surface area (Å²) in [6, 6.07) is 11.3. The third kappa shape index (κ3) is 3.76. The second-order valence-corrected chi connectivity index (χ2v) is 5.26. The van der Waals surface area contributed by atoms with Crippen molar-refractivity contribution < 1.29 is 9.59 Å². The number of hydrogen-bond donors (Lipinski definition) is 3. The third-order valence-electron chi connectivity index (χ3n) is 3.10. The average molecular weight is 342 g/mol. The standard InChI is InChI=1S/C16H12ClN5O2/c17-11-4-5-14(18-9-11)21-15(23)10-2-1-3-12(8-10)20-16(24)13-6-7-19-22-13/h1-9H,(H,19,22)(H,20,24)(H,18,21,23). The Morgan fingerprint density at radius 2 is 1.92 bits per heavy atom. The summed E-state index contributed by atoms with van der Waals surface area (Å²) in [5.41, 5.74) is 1.20. The highest BCUT2D eigenvalue weighted by atomic mass is 35.5. The van der Waals surface area contributed by atoms with Crippen LogP contribution < -0.4 is 10.6 Å². The van der Waals surface area contributed by atoms with Crippen LogP contribution in [0.1, 0.15) is 20.8 Å². The third-order valence-corrected chi connectivity index (χ3v) is 3.32. The fraction of sp³-hybridized carbons (Fsp3) is 0. The number of carbonyl (C=O) groups excluding carboxylic acids is 2. The molecule has 0 aliphatic rings. The lowest BCUT2D eigenvalue weighted by Crippen LogP contribution is -2.15. The van der Waals surface area contributed by atoms with Crippen LogP contribution >= 0.6 is 11.6 Å². The van der Waals surface area contributed by atoms with Gasteiger partial charge in [-0.1, -0.05) is 17.7 Å². The van der Waals surface area contributed by atoms with E-state index in [1.807, 2.05) is 0 Å². The van der Waals surface area contributed by atoms with Crippen molar-refractivity contribution >= 4 is 34.9 Å². The highest BCUT2D eigenvalue weighted by molar-refractivity contribution is 6.30. The van der Waals surface area contributed by atoms with Gasteiger partial charge in [0, 0.05) is 23.6 Å². The molecule has 8 heteroatoms. The molecule has 0 saturated carbocycles. The molecule has 7 nitrogen and oxygen atoms in total. The van der Waals surface area contributed by atoms with E-state index in [0.29, 0.717) is 27.8 Å². The van der Waals surface area contributed by atoms with Crippen LogP contribution in [-0.2, 0) is 0 Å². The molecule has 0 aliphatic carbocycles. The first-order valence-corrected chi connectivity index (χ1v) is 7.33. The van der Waals surface area contributed by atoms with Crippen molar-refractivity contribution in [1.29, 1.82) is 0 Å². The van der Waals surface area contributed by atoms with Gasteiger partial charge in [-0.25, -0.2) is 4.98 Å². The summed E-state index contributed by atoms with van der Waals surface area (Å²) in [5, 5.41) is 12.1. The number of amides is 2. The fourth-order valence-corrected chi connectivity index (χ4v) is 2.07. The number of anilines is 2. The number of aromatic amines is 1.